The minimum Gasteiger partial charge on any atom is -0.457 e. The predicted octanol–water partition coefficient (Wildman–Crippen LogP) is 3.86. The van der Waals surface area contributed by atoms with E-state index in [1.165, 1.54) is 5.56 Å². The van der Waals surface area contributed by atoms with Gasteiger partial charge in [-0.2, -0.15) is 5.26 Å². The Morgan fingerprint density at radius 2 is 1.74 bits per heavy atom. The molecule has 0 bridgehead atoms. The van der Waals surface area contributed by atoms with Crippen molar-refractivity contribution in [3.63, 3.8) is 0 Å². The van der Waals surface area contributed by atoms with Gasteiger partial charge in [-0.25, -0.2) is 0 Å². The summed E-state index contributed by atoms with van der Waals surface area (Å²) in [6, 6.07) is 11.3. The number of ether oxygens (including phenoxy) is 1. The normalized spacial score (nSPS) is 10.0. The highest BCUT2D eigenvalue weighted by atomic mass is 16.5. The number of nitrogens with zero attached hydrogens (tertiary/aromatic N) is 1. The van der Waals surface area contributed by atoms with Crippen LogP contribution in [0.5, 0.6) is 11.5 Å². The predicted molar refractivity (Wildman–Crippen MR) is 76.3 cm³/mol. The number of benzene rings is 2. The second-order valence-corrected chi connectivity index (χ2v) is 4.62. The van der Waals surface area contributed by atoms with Crippen LogP contribution in [0.3, 0.4) is 0 Å². The van der Waals surface area contributed by atoms with Gasteiger partial charge in [0.2, 0.25) is 0 Å². The summed E-state index contributed by atoms with van der Waals surface area (Å²) in [6.07, 6.45) is 0. The Morgan fingerprint density at radius 3 is 2.42 bits per heavy atom. The summed E-state index contributed by atoms with van der Waals surface area (Å²) in [5.41, 5.74) is 9.95. The third-order valence-corrected chi connectivity index (χ3v) is 3.24. The van der Waals surface area contributed by atoms with E-state index in [0.717, 1.165) is 16.9 Å². The van der Waals surface area contributed by atoms with E-state index in [4.69, 9.17) is 15.7 Å². The fourth-order valence-corrected chi connectivity index (χ4v) is 1.90. The van der Waals surface area contributed by atoms with Crippen molar-refractivity contribution in [2.24, 2.45) is 0 Å². The molecule has 0 spiro atoms. The zero-order chi connectivity index (χ0) is 14.0. The average Bonchev–Trinajstić information content (AvgIpc) is 2.41. The molecule has 96 valence electrons. The summed E-state index contributed by atoms with van der Waals surface area (Å²) in [5, 5.41) is 8.98. The van der Waals surface area contributed by atoms with Gasteiger partial charge in [0.25, 0.3) is 0 Å². The molecule has 0 unspecified atom stereocenters. The highest BCUT2D eigenvalue weighted by Gasteiger charge is 2.09. The van der Waals surface area contributed by atoms with Crippen LogP contribution in [0.15, 0.2) is 30.3 Å². The lowest BCUT2D eigenvalue weighted by atomic mass is 10.1. The molecule has 0 radical (unpaired) electrons. The van der Waals surface area contributed by atoms with Crippen LogP contribution in [0.2, 0.25) is 0 Å². The number of hydrogen-bond acceptors (Lipinski definition) is 3. The number of nitrogen functional groups attached to an aromatic ring is 1. The van der Waals surface area contributed by atoms with Crippen molar-refractivity contribution in [3.05, 3.63) is 52.6 Å². The first-order valence-electron chi connectivity index (χ1n) is 6.07. The number of hydrogen-bond donors (Lipinski definition) is 1. The molecule has 0 aromatic heterocycles. The molecule has 0 aliphatic carbocycles. The third-order valence-electron chi connectivity index (χ3n) is 3.24. The molecule has 2 N–H and O–H groups in total. The van der Waals surface area contributed by atoms with Crippen molar-refractivity contribution < 1.29 is 4.74 Å². The van der Waals surface area contributed by atoms with Crippen LogP contribution in [0.25, 0.3) is 0 Å². The van der Waals surface area contributed by atoms with Crippen LogP contribution in [-0.4, -0.2) is 0 Å². The topological polar surface area (TPSA) is 59.0 Å². The van der Waals surface area contributed by atoms with Gasteiger partial charge < -0.3 is 10.5 Å². The van der Waals surface area contributed by atoms with Crippen molar-refractivity contribution in [1.82, 2.24) is 0 Å². The number of aryl methyl sites for hydroxylation is 2. The van der Waals surface area contributed by atoms with E-state index in [9.17, 15) is 0 Å². The number of nitriles is 1. The Morgan fingerprint density at radius 1 is 1.05 bits per heavy atom. The fourth-order valence-electron chi connectivity index (χ4n) is 1.90. The molecule has 2 rings (SSSR count). The first kappa shape index (κ1) is 13.0. The van der Waals surface area contributed by atoms with Gasteiger partial charge in [-0.15, -0.1) is 0 Å². The zero-order valence-electron chi connectivity index (χ0n) is 11.3. The van der Waals surface area contributed by atoms with Gasteiger partial charge in [0.15, 0.2) is 0 Å². The van der Waals surface area contributed by atoms with Gasteiger partial charge in [0.05, 0.1) is 5.56 Å². The monoisotopic (exact) mass is 252 g/mol. The summed E-state index contributed by atoms with van der Waals surface area (Å²) < 4.78 is 5.91. The Hall–Kier alpha value is -2.47. The molecule has 0 amide bonds. The summed E-state index contributed by atoms with van der Waals surface area (Å²) in [5.74, 6) is 1.47. The van der Waals surface area contributed by atoms with E-state index in [0.29, 0.717) is 17.0 Å². The fraction of sp³-hybridized carbons (Fsp3) is 0.188. The highest BCUT2D eigenvalue weighted by molar-refractivity contribution is 5.57. The molecule has 0 aliphatic heterocycles. The summed E-state index contributed by atoms with van der Waals surface area (Å²) >= 11 is 0. The summed E-state index contributed by atoms with van der Waals surface area (Å²) in [4.78, 5) is 0. The Bertz CT molecular complexity index is 669. The molecule has 0 heterocycles. The third kappa shape index (κ3) is 2.53. The van der Waals surface area contributed by atoms with Gasteiger partial charge in [0, 0.05) is 11.8 Å². The molecule has 3 nitrogen and oxygen atoms in total. The standard InChI is InChI=1S/C16H16N2O/c1-10-4-5-11(2)16(12(10)3)19-14-6-7-15(18)13(8-14)9-17/h4-8H,18H2,1-3H3. The van der Waals surface area contributed by atoms with Crippen LogP contribution < -0.4 is 10.5 Å². The maximum Gasteiger partial charge on any atom is 0.133 e. The lowest BCUT2D eigenvalue weighted by Gasteiger charge is -2.14. The molecule has 0 aliphatic rings. The van der Waals surface area contributed by atoms with E-state index in [2.05, 4.69) is 12.1 Å². The Kier molecular flexibility index (Phi) is 3.43. The average molecular weight is 252 g/mol. The molecule has 2 aromatic carbocycles. The smallest absolute Gasteiger partial charge is 0.133 e. The molecule has 0 fully saturated rings. The Balaban J connectivity index is 2.42. The second-order valence-electron chi connectivity index (χ2n) is 4.62. The lowest BCUT2D eigenvalue weighted by Crippen LogP contribution is -1.95. The van der Waals surface area contributed by atoms with E-state index in [-0.39, 0.29) is 0 Å². The quantitative estimate of drug-likeness (QED) is 0.826. The van der Waals surface area contributed by atoms with Gasteiger partial charge in [-0.05, 0) is 49.6 Å². The SMILES string of the molecule is Cc1ccc(C)c(Oc2ccc(N)c(C#N)c2)c1C. The minimum atomic E-state index is 0.431. The summed E-state index contributed by atoms with van der Waals surface area (Å²) in [7, 11) is 0. The second kappa shape index (κ2) is 5.03. The van der Waals surface area contributed by atoms with Crippen LogP contribution in [-0.2, 0) is 0 Å². The van der Waals surface area contributed by atoms with Gasteiger partial charge in [0.1, 0.15) is 17.6 Å². The van der Waals surface area contributed by atoms with Gasteiger partial charge >= 0.3 is 0 Å². The van der Waals surface area contributed by atoms with E-state index in [1.54, 1.807) is 18.2 Å². The molecule has 0 atom stereocenters. The lowest BCUT2D eigenvalue weighted by molar-refractivity contribution is 0.474. The minimum absolute atomic E-state index is 0.431. The summed E-state index contributed by atoms with van der Waals surface area (Å²) in [6.45, 7) is 6.08. The van der Waals surface area contributed by atoms with Gasteiger partial charge in [-0.1, -0.05) is 12.1 Å². The van der Waals surface area contributed by atoms with Crippen molar-refractivity contribution in [2.45, 2.75) is 20.8 Å². The van der Waals surface area contributed by atoms with Crippen molar-refractivity contribution in [1.29, 1.82) is 5.26 Å². The molecular weight excluding hydrogens is 236 g/mol. The molecule has 19 heavy (non-hydrogen) atoms. The van der Waals surface area contributed by atoms with Gasteiger partial charge in [-0.3, -0.25) is 0 Å². The molecule has 3 heteroatoms. The van der Waals surface area contributed by atoms with Crippen molar-refractivity contribution >= 4 is 5.69 Å². The van der Waals surface area contributed by atoms with Crippen LogP contribution in [0.1, 0.15) is 22.3 Å². The first-order chi connectivity index (χ1) is 9.02. The van der Waals surface area contributed by atoms with Crippen LogP contribution in [0, 0.1) is 32.1 Å². The highest BCUT2D eigenvalue weighted by Crippen LogP contribution is 2.31. The van der Waals surface area contributed by atoms with E-state index in [1.807, 2.05) is 26.8 Å². The maximum atomic E-state index is 8.98. The van der Waals surface area contributed by atoms with Crippen molar-refractivity contribution in [2.75, 3.05) is 5.73 Å². The first-order valence-corrected chi connectivity index (χ1v) is 6.07. The van der Waals surface area contributed by atoms with Crippen LogP contribution >= 0.6 is 0 Å². The van der Waals surface area contributed by atoms with E-state index < -0.39 is 0 Å². The van der Waals surface area contributed by atoms with Crippen molar-refractivity contribution in [3.8, 4) is 17.6 Å². The zero-order valence-corrected chi connectivity index (χ0v) is 11.3. The van der Waals surface area contributed by atoms with E-state index >= 15 is 0 Å². The molecule has 2 aromatic rings. The molecular formula is C16H16N2O. The number of nitrogens with two attached hydrogens (primary N) is 1. The number of anilines is 1. The number of rotatable bonds is 2. The Labute approximate surface area is 113 Å². The molecule has 0 saturated heterocycles. The largest absolute Gasteiger partial charge is 0.457 e. The van der Waals surface area contributed by atoms with Crippen LogP contribution in [0.4, 0.5) is 5.69 Å². The molecule has 0 saturated carbocycles. The maximum absolute atomic E-state index is 8.98.